The molecule has 22 heavy (non-hydrogen) atoms. The zero-order chi connectivity index (χ0) is 14.9. The summed E-state index contributed by atoms with van der Waals surface area (Å²) in [6.45, 7) is 4.02. The molecule has 108 valence electrons. The Hall–Kier alpha value is -2.61. The average molecular weight is 286 g/mol. The minimum atomic E-state index is 0.848. The summed E-state index contributed by atoms with van der Waals surface area (Å²) in [4.78, 5) is 4.78. The Bertz CT molecular complexity index is 827. The van der Waals surface area contributed by atoms with Crippen LogP contribution < -0.4 is 0 Å². The Morgan fingerprint density at radius 3 is 2.18 bits per heavy atom. The van der Waals surface area contributed by atoms with E-state index < -0.39 is 0 Å². The van der Waals surface area contributed by atoms with Gasteiger partial charge in [-0.05, 0) is 18.6 Å². The quantitative estimate of drug-likeness (QED) is 0.668. The van der Waals surface area contributed by atoms with Crippen LogP contribution in [-0.4, -0.2) is 16.8 Å². The summed E-state index contributed by atoms with van der Waals surface area (Å²) in [6, 6.07) is 23.4. The second kappa shape index (κ2) is 5.30. The molecule has 0 unspecified atom stereocenters. The molecule has 1 aromatic heterocycles. The molecule has 0 bridgehead atoms. The van der Waals surface area contributed by atoms with Crippen LogP contribution in [0.3, 0.4) is 0 Å². The highest BCUT2D eigenvalue weighted by molar-refractivity contribution is 6.13. The molecule has 2 nitrogen and oxygen atoms in total. The summed E-state index contributed by atoms with van der Waals surface area (Å²) in [7, 11) is 0. The number of rotatable bonds is 2. The van der Waals surface area contributed by atoms with E-state index in [9.17, 15) is 0 Å². The highest BCUT2D eigenvalue weighted by atomic mass is 15.1. The lowest BCUT2D eigenvalue weighted by Gasteiger charge is -2.18. The van der Waals surface area contributed by atoms with E-state index in [1.165, 1.54) is 28.1 Å². The van der Waals surface area contributed by atoms with Crippen LogP contribution >= 0.6 is 0 Å². The number of hydrogen-bond donors (Lipinski definition) is 0. The number of nitrogens with zero attached hydrogens (tertiary/aromatic N) is 2. The van der Waals surface area contributed by atoms with Gasteiger partial charge >= 0.3 is 0 Å². The standard InChI is InChI=1S/C20H18N2/c1-15-18(16-8-4-2-5-9-16)14-19-20(21-12-13-22(15)19)17-10-6-3-7-11-17/h2-11,14H,12-13H2,1H3. The summed E-state index contributed by atoms with van der Waals surface area (Å²) in [6.07, 6.45) is 0. The van der Waals surface area contributed by atoms with Gasteiger partial charge in [-0.25, -0.2) is 0 Å². The Morgan fingerprint density at radius 2 is 1.50 bits per heavy atom. The fourth-order valence-corrected chi connectivity index (χ4v) is 3.22. The van der Waals surface area contributed by atoms with E-state index in [1.54, 1.807) is 0 Å². The van der Waals surface area contributed by atoms with Crippen LogP contribution in [0.5, 0.6) is 0 Å². The molecule has 0 aliphatic carbocycles. The maximum absolute atomic E-state index is 4.78. The molecule has 0 spiro atoms. The van der Waals surface area contributed by atoms with E-state index in [0.29, 0.717) is 0 Å². The van der Waals surface area contributed by atoms with E-state index in [4.69, 9.17) is 4.99 Å². The molecule has 0 amide bonds. The molecule has 1 aliphatic heterocycles. The lowest BCUT2D eigenvalue weighted by Crippen LogP contribution is -2.19. The third-order valence-corrected chi connectivity index (χ3v) is 4.33. The molecule has 0 saturated carbocycles. The first kappa shape index (κ1) is 13.1. The predicted molar refractivity (Wildman–Crippen MR) is 91.6 cm³/mol. The Kier molecular flexibility index (Phi) is 3.15. The van der Waals surface area contributed by atoms with Gasteiger partial charge in [0.15, 0.2) is 0 Å². The summed E-state index contributed by atoms with van der Waals surface area (Å²) >= 11 is 0. The molecule has 1 aliphatic rings. The van der Waals surface area contributed by atoms with Gasteiger partial charge in [0.05, 0.1) is 18.0 Å². The van der Waals surface area contributed by atoms with Gasteiger partial charge in [0.2, 0.25) is 0 Å². The fourth-order valence-electron chi connectivity index (χ4n) is 3.22. The zero-order valence-corrected chi connectivity index (χ0v) is 12.7. The molecule has 0 saturated heterocycles. The van der Waals surface area contributed by atoms with Gasteiger partial charge in [0.25, 0.3) is 0 Å². The monoisotopic (exact) mass is 286 g/mol. The van der Waals surface area contributed by atoms with Crippen molar-refractivity contribution in [2.24, 2.45) is 4.99 Å². The first-order chi connectivity index (χ1) is 10.8. The van der Waals surface area contributed by atoms with E-state index >= 15 is 0 Å². The smallest absolute Gasteiger partial charge is 0.0884 e. The summed E-state index contributed by atoms with van der Waals surface area (Å²) in [5.41, 5.74) is 7.44. The molecule has 2 heterocycles. The molecule has 2 aromatic carbocycles. The molecular formula is C20H18N2. The third-order valence-electron chi connectivity index (χ3n) is 4.33. The predicted octanol–water partition coefficient (Wildman–Crippen LogP) is 4.31. The van der Waals surface area contributed by atoms with Crippen molar-refractivity contribution in [2.45, 2.75) is 13.5 Å². The fraction of sp³-hybridized carbons (Fsp3) is 0.150. The van der Waals surface area contributed by atoms with Gasteiger partial charge in [-0.1, -0.05) is 60.7 Å². The average Bonchev–Trinajstić information content (AvgIpc) is 2.94. The van der Waals surface area contributed by atoms with Crippen LogP contribution in [0.25, 0.3) is 11.1 Å². The van der Waals surface area contributed by atoms with Crippen LogP contribution in [0, 0.1) is 6.92 Å². The molecule has 2 heteroatoms. The largest absolute Gasteiger partial charge is 0.341 e. The minimum absolute atomic E-state index is 0.848. The second-order valence-electron chi connectivity index (χ2n) is 5.64. The molecule has 0 atom stereocenters. The third kappa shape index (κ3) is 2.08. The van der Waals surface area contributed by atoms with Crippen LogP contribution in [0.1, 0.15) is 17.0 Å². The molecule has 4 rings (SSSR count). The number of fused-ring (bicyclic) bond motifs is 1. The van der Waals surface area contributed by atoms with Gasteiger partial charge in [0.1, 0.15) is 0 Å². The normalized spacial score (nSPS) is 13.6. The number of aromatic nitrogens is 1. The lowest BCUT2D eigenvalue weighted by atomic mass is 10.0. The summed E-state index contributed by atoms with van der Waals surface area (Å²) < 4.78 is 2.40. The van der Waals surface area contributed by atoms with Crippen molar-refractivity contribution in [1.29, 1.82) is 0 Å². The molecule has 0 N–H and O–H groups in total. The Morgan fingerprint density at radius 1 is 0.864 bits per heavy atom. The van der Waals surface area contributed by atoms with Gasteiger partial charge in [-0.3, -0.25) is 4.99 Å². The van der Waals surface area contributed by atoms with Crippen molar-refractivity contribution in [1.82, 2.24) is 4.57 Å². The van der Waals surface area contributed by atoms with E-state index in [1.807, 2.05) is 6.07 Å². The summed E-state index contributed by atoms with van der Waals surface area (Å²) in [5, 5.41) is 0. The topological polar surface area (TPSA) is 17.3 Å². The van der Waals surface area contributed by atoms with Gasteiger partial charge in [-0.2, -0.15) is 0 Å². The van der Waals surface area contributed by atoms with Crippen molar-refractivity contribution in [3.63, 3.8) is 0 Å². The van der Waals surface area contributed by atoms with Crippen molar-refractivity contribution in [2.75, 3.05) is 6.54 Å². The van der Waals surface area contributed by atoms with Crippen LogP contribution in [-0.2, 0) is 6.54 Å². The van der Waals surface area contributed by atoms with Gasteiger partial charge in [0, 0.05) is 23.4 Å². The van der Waals surface area contributed by atoms with Crippen molar-refractivity contribution < 1.29 is 0 Å². The van der Waals surface area contributed by atoms with Crippen molar-refractivity contribution in [3.8, 4) is 11.1 Å². The number of hydrogen-bond acceptors (Lipinski definition) is 1. The first-order valence-electron chi connectivity index (χ1n) is 7.70. The number of aliphatic imine (C=N–C) groups is 1. The molecule has 0 radical (unpaired) electrons. The minimum Gasteiger partial charge on any atom is -0.341 e. The lowest BCUT2D eigenvalue weighted by molar-refractivity contribution is 0.673. The van der Waals surface area contributed by atoms with Crippen LogP contribution in [0.2, 0.25) is 0 Å². The number of benzene rings is 2. The zero-order valence-electron chi connectivity index (χ0n) is 12.7. The van der Waals surface area contributed by atoms with E-state index in [0.717, 1.165) is 18.8 Å². The van der Waals surface area contributed by atoms with Gasteiger partial charge in [-0.15, -0.1) is 0 Å². The maximum Gasteiger partial charge on any atom is 0.0884 e. The van der Waals surface area contributed by atoms with Crippen LogP contribution in [0.15, 0.2) is 71.7 Å². The van der Waals surface area contributed by atoms with E-state index in [-0.39, 0.29) is 0 Å². The van der Waals surface area contributed by atoms with Crippen LogP contribution in [0.4, 0.5) is 0 Å². The van der Waals surface area contributed by atoms with E-state index in [2.05, 4.69) is 72.2 Å². The summed E-state index contributed by atoms with van der Waals surface area (Å²) in [5.74, 6) is 0. The van der Waals surface area contributed by atoms with Crippen molar-refractivity contribution in [3.05, 3.63) is 83.7 Å². The molecule has 0 fully saturated rings. The first-order valence-corrected chi connectivity index (χ1v) is 7.70. The molecule has 3 aromatic rings. The SMILES string of the molecule is Cc1c(-c2ccccc2)cc2n1CCN=C2c1ccccc1. The Balaban J connectivity index is 1.87. The highest BCUT2D eigenvalue weighted by Gasteiger charge is 2.20. The molecular weight excluding hydrogens is 268 g/mol. The highest BCUT2D eigenvalue weighted by Crippen LogP contribution is 2.29. The van der Waals surface area contributed by atoms with Gasteiger partial charge < -0.3 is 4.57 Å². The second-order valence-corrected chi connectivity index (χ2v) is 5.64. The Labute approximate surface area is 130 Å². The maximum atomic E-state index is 4.78. The van der Waals surface area contributed by atoms with Crippen molar-refractivity contribution >= 4 is 5.71 Å².